The molecule has 2 rings (SSSR count). The topological polar surface area (TPSA) is 111 Å². The Morgan fingerprint density at radius 1 is 1.00 bits per heavy atom. The zero-order valence-electron chi connectivity index (χ0n) is 13.8. The molecule has 6 nitrogen and oxygen atoms in total. The summed E-state index contributed by atoms with van der Waals surface area (Å²) in [7, 11) is -10.00. The van der Waals surface area contributed by atoms with E-state index in [1.807, 2.05) is 0 Å². The monoisotopic (exact) mass is 414 g/mol. The van der Waals surface area contributed by atoms with Gasteiger partial charge in [-0.2, -0.15) is 0 Å². The van der Waals surface area contributed by atoms with Crippen LogP contribution in [0.2, 0.25) is 0 Å². The maximum Gasteiger partial charge on any atom is 0.288 e. The summed E-state index contributed by atoms with van der Waals surface area (Å²) in [6.07, 6.45) is 0.0238. The minimum absolute atomic E-state index is 0.0238. The number of rotatable bonds is 7. The van der Waals surface area contributed by atoms with E-state index in [4.69, 9.17) is 17.3 Å². The molecule has 0 saturated heterocycles. The lowest BCUT2D eigenvalue weighted by Gasteiger charge is -2.15. The molecule has 0 aliphatic rings. The summed E-state index contributed by atoms with van der Waals surface area (Å²) in [6.45, 7) is 1.72. The first-order chi connectivity index (χ1) is 12.1. The van der Waals surface area contributed by atoms with Crippen molar-refractivity contribution in [2.24, 2.45) is 5.73 Å². The molecule has 0 aliphatic heterocycles. The molecular weight excluding hydrogens is 398 g/mol. The zero-order valence-corrected chi connectivity index (χ0v) is 16.2. The molecule has 0 bridgehead atoms. The van der Waals surface area contributed by atoms with Crippen LogP contribution in [0.4, 0.5) is 0 Å². The molecule has 9 heteroatoms. The van der Waals surface area contributed by atoms with E-state index < -0.39 is 39.2 Å². The molecule has 1 radical (unpaired) electrons. The highest BCUT2D eigenvalue weighted by atomic mass is 35.5. The molecule has 0 fully saturated rings. The highest BCUT2D eigenvalue weighted by molar-refractivity contribution is 8.68. The van der Waals surface area contributed by atoms with Crippen LogP contribution in [0.15, 0.2) is 59.5 Å². The molecule has 2 N–H and O–H groups in total. The third-order valence-corrected chi connectivity index (χ3v) is 9.60. The summed E-state index contributed by atoms with van der Waals surface area (Å²) in [4.78, 5) is 11.8. The van der Waals surface area contributed by atoms with Crippen molar-refractivity contribution < 1.29 is 21.6 Å². The van der Waals surface area contributed by atoms with E-state index in [1.54, 1.807) is 37.3 Å². The van der Waals surface area contributed by atoms with Crippen LogP contribution in [0.3, 0.4) is 0 Å². The Balaban J connectivity index is 2.27. The number of hydrogen-bond donors (Lipinski definition) is 1. The Labute approximate surface area is 157 Å². The van der Waals surface area contributed by atoms with Gasteiger partial charge in [-0.25, -0.2) is 16.8 Å². The predicted molar refractivity (Wildman–Crippen MR) is 99.5 cm³/mol. The van der Waals surface area contributed by atoms with Gasteiger partial charge in [0.25, 0.3) is 22.4 Å². The first kappa shape index (κ1) is 20.6. The molecule has 2 aromatic carbocycles. The van der Waals surface area contributed by atoms with Crippen LogP contribution in [-0.4, -0.2) is 28.7 Å². The lowest BCUT2D eigenvalue weighted by Crippen LogP contribution is -2.39. The lowest BCUT2D eigenvalue weighted by molar-refractivity contribution is -0.116. The number of aryl methyl sites for hydroxylation is 1. The van der Waals surface area contributed by atoms with E-state index in [0.717, 1.165) is 17.7 Å². The molecule has 0 aliphatic carbocycles. The van der Waals surface area contributed by atoms with Crippen molar-refractivity contribution >= 4 is 35.1 Å². The maximum atomic E-state index is 12.4. The Morgan fingerprint density at radius 3 is 2.08 bits per heavy atom. The summed E-state index contributed by atoms with van der Waals surface area (Å²) in [5.74, 6) is -1.15. The number of halogens is 1. The SMILES string of the molecule is Cc1ccc(S(=O)(=O)S(=O)(=O)[C](Cl)C(=O)[C@@H](N)Cc2ccccc2)cc1. The third-order valence-electron chi connectivity index (χ3n) is 3.65. The number of benzene rings is 2. The van der Waals surface area contributed by atoms with Crippen LogP contribution in [-0.2, 0) is 29.0 Å². The molecule has 2 aromatic rings. The fraction of sp³-hybridized carbons (Fsp3) is 0.176. The molecule has 0 amide bonds. The quantitative estimate of drug-likeness (QED) is 0.693. The Morgan fingerprint density at radius 2 is 1.54 bits per heavy atom. The van der Waals surface area contributed by atoms with Gasteiger partial charge in [-0.1, -0.05) is 59.6 Å². The second-order valence-electron chi connectivity index (χ2n) is 5.66. The highest BCUT2D eigenvalue weighted by Crippen LogP contribution is 2.29. The van der Waals surface area contributed by atoms with Crippen LogP contribution >= 0.6 is 11.6 Å². The van der Waals surface area contributed by atoms with Crippen molar-refractivity contribution in [3.05, 3.63) is 70.4 Å². The van der Waals surface area contributed by atoms with E-state index in [9.17, 15) is 21.6 Å². The van der Waals surface area contributed by atoms with Gasteiger partial charge >= 0.3 is 0 Å². The molecule has 0 heterocycles. The van der Waals surface area contributed by atoms with Crippen LogP contribution in [0.5, 0.6) is 0 Å². The van der Waals surface area contributed by atoms with Crippen molar-refractivity contribution in [2.75, 3.05) is 0 Å². The Kier molecular flexibility index (Phi) is 6.23. The van der Waals surface area contributed by atoms with E-state index in [1.165, 1.54) is 12.1 Å². The maximum absolute atomic E-state index is 12.4. The van der Waals surface area contributed by atoms with Gasteiger partial charge in [0.05, 0.1) is 10.9 Å². The normalized spacial score (nSPS) is 13.5. The van der Waals surface area contributed by atoms with Gasteiger partial charge in [0, 0.05) is 0 Å². The summed E-state index contributed by atoms with van der Waals surface area (Å²) >= 11 is 5.67. The van der Waals surface area contributed by atoms with Gasteiger partial charge in [0.2, 0.25) is 0 Å². The fourth-order valence-electron chi connectivity index (χ4n) is 2.16. The largest absolute Gasteiger partial charge is 0.321 e. The third kappa shape index (κ3) is 4.15. The average molecular weight is 415 g/mol. The highest BCUT2D eigenvalue weighted by Gasteiger charge is 2.45. The van der Waals surface area contributed by atoms with E-state index >= 15 is 0 Å². The smallest absolute Gasteiger partial charge is 0.288 e. The van der Waals surface area contributed by atoms with Crippen LogP contribution in [0, 0.1) is 11.6 Å². The number of ketones is 1. The molecule has 0 saturated carbocycles. The molecule has 0 aromatic heterocycles. The number of hydrogen-bond acceptors (Lipinski definition) is 6. The molecule has 0 unspecified atom stereocenters. The zero-order chi connectivity index (χ0) is 19.5. The molecule has 26 heavy (non-hydrogen) atoms. The second kappa shape index (κ2) is 7.87. The van der Waals surface area contributed by atoms with Crippen molar-refractivity contribution in [3.63, 3.8) is 0 Å². The van der Waals surface area contributed by atoms with Gasteiger partial charge in [-0.3, -0.25) is 4.79 Å². The molecule has 0 spiro atoms. The average Bonchev–Trinajstić information content (AvgIpc) is 2.61. The van der Waals surface area contributed by atoms with Crippen molar-refractivity contribution in [2.45, 2.75) is 24.3 Å². The van der Waals surface area contributed by atoms with E-state index in [-0.39, 0.29) is 6.42 Å². The van der Waals surface area contributed by atoms with Gasteiger partial charge in [-0.15, -0.1) is 0 Å². The Hall–Kier alpha value is -1.74. The second-order valence-corrected chi connectivity index (χ2v) is 11.6. The van der Waals surface area contributed by atoms with Gasteiger partial charge in [-0.05, 0) is 31.0 Å². The number of Topliss-reactive ketones (excluding diaryl/α,β-unsaturated/α-hetero) is 1. The first-order valence-corrected chi connectivity index (χ1v) is 11.4. The van der Waals surface area contributed by atoms with E-state index in [0.29, 0.717) is 5.56 Å². The van der Waals surface area contributed by atoms with Crippen molar-refractivity contribution in [1.29, 1.82) is 0 Å². The number of carbonyl (C=O) groups is 1. The summed E-state index contributed by atoms with van der Waals surface area (Å²) < 4.78 is 48.3. The lowest BCUT2D eigenvalue weighted by atomic mass is 10.0. The predicted octanol–water partition coefficient (Wildman–Crippen LogP) is 1.97. The van der Waals surface area contributed by atoms with E-state index in [2.05, 4.69) is 0 Å². The summed E-state index contributed by atoms with van der Waals surface area (Å²) in [5, 5.41) is 0. The minimum atomic E-state index is -5.12. The van der Waals surface area contributed by atoms with Crippen LogP contribution < -0.4 is 5.73 Å². The van der Waals surface area contributed by atoms with Gasteiger partial charge in [0.1, 0.15) is 0 Å². The minimum Gasteiger partial charge on any atom is -0.321 e. The van der Waals surface area contributed by atoms with Gasteiger partial charge in [0.15, 0.2) is 5.78 Å². The number of carbonyl (C=O) groups excluding carboxylic acids is 1. The standard InChI is InChI=1S/C17H17ClNO5S2/c1-12-7-9-14(10-8-12)25(21,22)26(23,24)17(18)16(20)15(19)11-13-5-3-2-4-6-13/h2-10,15H,11,19H2,1H3/t15-/m0/s1. The van der Waals surface area contributed by atoms with Crippen LogP contribution in [0.25, 0.3) is 0 Å². The fourth-order valence-corrected chi connectivity index (χ4v) is 6.28. The van der Waals surface area contributed by atoms with Crippen LogP contribution in [0.1, 0.15) is 11.1 Å². The molecule has 139 valence electrons. The van der Waals surface area contributed by atoms with Crippen molar-refractivity contribution in [1.82, 2.24) is 0 Å². The number of nitrogens with two attached hydrogens (primary N) is 1. The van der Waals surface area contributed by atoms with Crippen molar-refractivity contribution in [3.8, 4) is 0 Å². The van der Waals surface area contributed by atoms with Gasteiger partial charge < -0.3 is 5.73 Å². The summed E-state index contributed by atoms with van der Waals surface area (Å²) in [6, 6.07) is 12.5. The molecular formula is C17H17ClNO5S2. The molecule has 1 atom stereocenters. The summed E-state index contributed by atoms with van der Waals surface area (Å²) in [5.41, 5.74) is 7.17. The first-order valence-electron chi connectivity index (χ1n) is 7.50. The Bertz CT molecular complexity index is 987.